The number of carbonyl (C=O) groups is 1. The van der Waals surface area contributed by atoms with Gasteiger partial charge in [0.15, 0.2) is 11.5 Å². The quantitative estimate of drug-likeness (QED) is 0.134. The first-order valence-electron chi connectivity index (χ1n) is 9.16. The molecule has 0 fully saturated rings. The predicted octanol–water partition coefficient (Wildman–Crippen LogP) is 3.47. The minimum Gasteiger partial charge on any atom is -0.505 e. The largest absolute Gasteiger partial charge is 0.522 e. The molecule has 4 rings (SSSR count). The third kappa shape index (κ3) is 5.11. The number of rotatable bonds is 4. The summed E-state index contributed by atoms with van der Waals surface area (Å²) in [5.41, 5.74) is -0.554. The smallest absolute Gasteiger partial charge is 0.505 e. The van der Waals surface area contributed by atoms with Gasteiger partial charge in [0.2, 0.25) is 11.8 Å². The van der Waals surface area contributed by atoms with Crippen LogP contribution in [-0.2, 0) is 20.2 Å². The molecule has 4 N–H and O–H groups in total. The maximum absolute atomic E-state index is 12.3. The molecule has 0 aliphatic carbocycles. The molecule has 2 heterocycles. The van der Waals surface area contributed by atoms with E-state index in [0.29, 0.717) is 0 Å². The van der Waals surface area contributed by atoms with Crippen LogP contribution in [0.5, 0.6) is 23.3 Å². The fourth-order valence-electron chi connectivity index (χ4n) is 3.12. The number of pyridine rings is 2. The van der Waals surface area contributed by atoms with Crippen molar-refractivity contribution in [2.24, 2.45) is 0 Å². The fraction of sp³-hybridized carbons (Fsp3) is 0. The van der Waals surface area contributed by atoms with Crippen LogP contribution in [0.1, 0.15) is 0 Å². The lowest BCUT2D eigenvalue weighted by Crippen LogP contribution is -2.15. The van der Waals surface area contributed by atoms with Crippen molar-refractivity contribution in [2.45, 2.75) is 9.79 Å². The van der Waals surface area contributed by atoms with Crippen LogP contribution >= 0.6 is 45.2 Å². The number of nitrogens with zero attached hydrogens (tertiary/aromatic N) is 2. The normalized spacial score (nSPS) is 12.1. The Bertz CT molecular complexity index is 1680. The molecule has 0 saturated heterocycles. The predicted molar refractivity (Wildman–Crippen MR) is 139 cm³/mol. The van der Waals surface area contributed by atoms with E-state index in [4.69, 9.17) is 9.47 Å². The summed E-state index contributed by atoms with van der Waals surface area (Å²) in [6.07, 6.45) is -1.37. The van der Waals surface area contributed by atoms with Crippen LogP contribution in [0.15, 0.2) is 46.2 Å². The molecule has 2 aromatic heterocycles. The van der Waals surface area contributed by atoms with Gasteiger partial charge in [-0.05, 0) is 69.4 Å². The summed E-state index contributed by atoms with van der Waals surface area (Å²) in [5, 5.41) is 20.3. The summed E-state index contributed by atoms with van der Waals surface area (Å²) >= 11 is 3.26. The van der Waals surface area contributed by atoms with Gasteiger partial charge in [-0.3, -0.25) is 9.11 Å². The van der Waals surface area contributed by atoms with Gasteiger partial charge in [0.05, 0.1) is 7.14 Å². The second kappa shape index (κ2) is 9.37. The van der Waals surface area contributed by atoms with Gasteiger partial charge >= 0.3 is 6.16 Å². The molecule has 0 bridgehead atoms. The summed E-state index contributed by atoms with van der Waals surface area (Å²) in [4.78, 5) is 19.1. The third-order valence-corrected chi connectivity index (χ3v) is 8.05. The zero-order chi connectivity index (χ0) is 26.6. The molecular formula is C19H10I2N2O11S2. The van der Waals surface area contributed by atoms with Crippen molar-refractivity contribution in [1.29, 1.82) is 0 Å². The van der Waals surface area contributed by atoms with Gasteiger partial charge in [0, 0.05) is 22.9 Å². The van der Waals surface area contributed by atoms with Crippen molar-refractivity contribution >= 4 is 93.4 Å². The summed E-state index contributed by atoms with van der Waals surface area (Å²) in [6, 6.07) is 6.55. The van der Waals surface area contributed by atoms with Crippen LogP contribution in [0.4, 0.5) is 4.79 Å². The second-order valence-corrected chi connectivity index (χ2v) is 12.0. The molecular weight excluding hydrogens is 750 g/mol. The van der Waals surface area contributed by atoms with E-state index in [1.165, 1.54) is 0 Å². The summed E-state index contributed by atoms with van der Waals surface area (Å²) in [6.45, 7) is 0. The van der Waals surface area contributed by atoms with Crippen molar-refractivity contribution in [2.75, 3.05) is 0 Å². The molecule has 0 aliphatic rings. The number of phenols is 2. The second-order valence-electron chi connectivity index (χ2n) is 6.91. The van der Waals surface area contributed by atoms with E-state index in [1.807, 2.05) is 0 Å². The molecule has 13 nitrogen and oxygen atoms in total. The topological polar surface area (TPSA) is 211 Å². The van der Waals surface area contributed by atoms with Gasteiger partial charge in [-0.25, -0.2) is 14.8 Å². The molecule has 36 heavy (non-hydrogen) atoms. The Kier molecular flexibility index (Phi) is 6.89. The van der Waals surface area contributed by atoms with Crippen LogP contribution < -0.4 is 9.47 Å². The number of hydrogen-bond acceptors (Lipinski definition) is 11. The van der Waals surface area contributed by atoms with E-state index >= 15 is 0 Å². The number of halogens is 2. The van der Waals surface area contributed by atoms with E-state index in [9.17, 15) is 40.9 Å². The molecule has 0 radical (unpaired) electrons. The van der Waals surface area contributed by atoms with E-state index in [0.717, 1.165) is 36.4 Å². The minimum absolute atomic E-state index is 0.0546. The average Bonchev–Trinajstić information content (AvgIpc) is 2.77. The summed E-state index contributed by atoms with van der Waals surface area (Å²) < 4.78 is 75.5. The Morgan fingerprint density at radius 1 is 0.722 bits per heavy atom. The van der Waals surface area contributed by atoms with Crippen LogP contribution in [-0.4, -0.2) is 52.3 Å². The van der Waals surface area contributed by atoms with Gasteiger partial charge in [-0.2, -0.15) is 16.8 Å². The molecule has 0 atom stereocenters. The van der Waals surface area contributed by atoms with Gasteiger partial charge in [-0.15, -0.1) is 0 Å². The molecule has 2 aromatic carbocycles. The van der Waals surface area contributed by atoms with E-state index in [2.05, 4.69) is 9.97 Å². The van der Waals surface area contributed by atoms with Crippen molar-refractivity contribution in [3.8, 4) is 23.3 Å². The Balaban J connectivity index is 1.67. The molecule has 4 aromatic rings. The molecule has 17 heteroatoms. The average molecular weight is 760 g/mol. The molecule has 188 valence electrons. The highest BCUT2D eigenvalue weighted by Gasteiger charge is 2.23. The van der Waals surface area contributed by atoms with E-state index in [-0.39, 0.29) is 28.9 Å². The molecule has 0 amide bonds. The van der Waals surface area contributed by atoms with E-state index < -0.39 is 59.4 Å². The van der Waals surface area contributed by atoms with Crippen LogP contribution in [0.25, 0.3) is 21.8 Å². The zero-order valence-electron chi connectivity index (χ0n) is 17.1. The maximum atomic E-state index is 12.3. The number of aromatic hydroxyl groups is 2. The molecule has 0 unspecified atom stereocenters. The highest BCUT2D eigenvalue weighted by atomic mass is 127. The van der Waals surface area contributed by atoms with Crippen LogP contribution in [0.2, 0.25) is 0 Å². The minimum atomic E-state index is -4.65. The Hall–Kier alpha value is -2.59. The number of benzene rings is 2. The van der Waals surface area contributed by atoms with Crippen LogP contribution in [0.3, 0.4) is 0 Å². The highest BCUT2D eigenvalue weighted by molar-refractivity contribution is 14.1. The standard InChI is InChI=1S/C19H10I2N2O11S2/c20-9-5-11(35(27,28)29)7-1-3-13(22-15(7)17(9)24)33-19(26)34-14-4-2-8-12(36(30,31)32)6-10(21)18(25)16(8)23-14/h1-6,24-25H,(H,27,28,29)(H,30,31,32). The first-order valence-corrected chi connectivity index (χ1v) is 14.2. The molecule has 0 aliphatic heterocycles. The monoisotopic (exact) mass is 760 g/mol. The SMILES string of the molecule is O=C(Oc1ccc2c(S(=O)(=O)O)cc(I)c(O)c2n1)Oc1ccc2c(S(=O)(=O)O)cc(I)c(O)c2n1. The molecule has 0 saturated carbocycles. The lowest BCUT2D eigenvalue weighted by molar-refractivity contribution is 0.148. The number of carbonyl (C=O) groups excluding carboxylic acids is 1. The van der Waals surface area contributed by atoms with Gasteiger partial charge in [0.1, 0.15) is 20.8 Å². The first kappa shape index (κ1) is 26.5. The first-order chi connectivity index (χ1) is 16.7. The number of ether oxygens (including phenoxy) is 2. The Labute approximate surface area is 228 Å². The van der Waals surface area contributed by atoms with Crippen molar-refractivity contribution in [3.05, 3.63) is 43.5 Å². The highest BCUT2D eigenvalue weighted by Crippen LogP contribution is 2.36. The van der Waals surface area contributed by atoms with Gasteiger partial charge < -0.3 is 19.7 Å². The molecule has 0 spiro atoms. The summed E-state index contributed by atoms with van der Waals surface area (Å²) in [5.74, 6) is -1.66. The van der Waals surface area contributed by atoms with Crippen molar-refractivity contribution in [1.82, 2.24) is 9.97 Å². The lowest BCUT2D eigenvalue weighted by atomic mass is 10.2. The Morgan fingerprint density at radius 3 is 1.42 bits per heavy atom. The van der Waals surface area contributed by atoms with Crippen LogP contribution in [0, 0.1) is 7.14 Å². The Morgan fingerprint density at radius 2 is 1.08 bits per heavy atom. The van der Waals surface area contributed by atoms with Crippen molar-refractivity contribution in [3.63, 3.8) is 0 Å². The maximum Gasteiger partial charge on any atom is 0.522 e. The fourth-order valence-corrected chi connectivity index (χ4v) is 6.10. The summed E-state index contributed by atoms with van der Waals surface area (Å²) in [7, 11) is -9.31. The van der Waals surface area contributed by atoms with Gasteiger partial charge in [0.25, 0.3) is 20.2 Å². The van der Waals surface area contributed by atoms with E-state index in [1.54, 1.807) is 45.2 Å². The number of phenolic OH excluding ortho intramolecular Hbond substituents is 2. The van der Waals surface area contributed by atoms with Gasteiger partial charge in [-0.1, -0.05) is 0 Å². The number of aromatic nitrogens is 2. The number of fused-ring (bicyclic) bond motifs is 2. The van der Waals surface area contributed by atoms with Crippen molar-refractivity contribution < 1.29 is 50.4 Å². The third-order valence-electron chi connectivity index (χ3n) is 4.62. The lowest BCUT2D eigenvalue weighted by Gasteiger charge is -2.10. The number of hydrogen-bond donors (Lipinski definition) is 4. The zero-order valence-corrected chi connectivity index (χ0v) is 23.0.